The van der Waals surface area contributed by atoms with Crippen molar-refractivity contribution in [1.29, 1.82) is 0 Å². The van der Waals surface area contributed by atoms with E-state index in [-0.39, 0.29) is 23.2 Å². The second-order valence-electron chi connectivity index (χ2n) is 6.44. The summed E-state index contributed by atoms with van der Waals surface area (Å²) in [6, 6.07) is 12.3. The Morgan fingerprint density at radius 3 is 2.18 bits per heavy atom. The van der Waals surface area contributed by atoms with Crippen molar-refractivity contribution in [2.75, 3.05) is 18.4 Å². The van der Waals surface area contributed by atoms with Crippen molar-refractivity contribution in [3.63, 3.8) is 0 Å². The minimum atomic E-state index is -3.50. The van der Waals surface area contributed by atoms with E-state index in [2.05, 4.69) is 5.32 Å². The number of carbonyl (C=O) groups is 2. The first-order valence-corrected chi connectivity index (χ1v) is 10.6. The minimum absolute atomic E-state index is 0.188. The number of sulfonamides is 1. The molecule has 0 aromatic heterocycles. The maximum Gasteiger partial charge on any atom is 0.310 e. The molecule has 1 N–H and O–H groups in total. The summed E-state index contributed by atoms with van der Waals surface area (Å²) in [6.45, 7) is 2.78. The molecular formula is C20H22N2O5S. The zero-order chi connectivity index (χ0) is 20.1. The van der Waals surface area contributed by atoms with E-state index < -0.39 is 10.0 Å². The molecule has 7 nitrogen and oxygen atoms in total. The first-order chi connectivity index (χ1) is 13.4. The van der Waals surface area contributed by atoms with E-state index in [1.165, 1.54) is 28.6 Å². The molecule has 0 saturated carbocycles. The Morgan fingerprint density at radius 1 is 1.00 bits per heavy atom. The molecule has 148 valence electrons. The zero-order valence-corrected chi connectivity index (χ0v) is 16.4. The number of rotatable bonds is 6. The van der Waals surface area contributed by atoms with Gasteiger partial charge in [-0.25, -0.2) is 8.42 Å². The Bertz CT molecular complexity index is 947. The molecule has 0 aliphatic carbocycles. The second-order valence-corrected chi connectivity index (χ2v) is 8.38. The molecule has 1 amide bonds. The van der Waals surface area contributed by atoms with Crippen molar-refractivity contribution in [1.82, 2.24) is 4.31 Å². The van der Waals surface area contributed by atoms with Crippen LogP contribution >= 0.6 is 0 Å². The van der Waals surface area contributed by atoms with Gasteiger partial charge in [0, 0.05) is 30.8 Å². The number of benzene rings is 2. The fourth-order valence-electron chi connectivity index (χ4n) is 2.87. The molecule has 2 aromatic carbocycles. The number of nitrogens with zero attached hydrogens (tertiary/aromatic N) is 1. The van der Waals surface area contributed by atoms with Gasteiger partial charge in [-0.15, -0.1) is 0 Å². The van der Waals surface area contributed by atoms with Gasteiger partial charge in [-0.3, -0.25) is 9.59 Å². The molecule has 3 rings (SSSR count). The number of hydrogen-bond acceptors (Lipinski definition) is 5. The van der Waals surface area contributed by atoms with Crippen LogP contribution < -0.4 is 10.1 Å². The number of ether oxygens (including phenoxy) is 1. The molecule has 0 atom stereocenters. The highest BCUT2D eigenvalue weighted by Crippen LogP contribution is 2.22. The Morgan fingerprint density at radius 2 is 1.61 bits per heavy atom. The van der Waals surface area contributed by atoms with Crippen LogP contribution in [0.1, 0.15) is 36.5 Å². The highest BCUT2D eigenvalue weighted by Gasteiger charge is 2.27. The lowest BCUT2D eigenvalue weighted by Crippen LogP contribution is -2.27. The summed E-state index contributed by atoms with van der Waals surface area (Å²) in [6.07, 6.45) is 2.02. The van der Waals surface area contributed by atoms with Crippen molar-refractivity contribution in [3.8, 4) is 5.75 Å². The normalized spacial score (nSPS) is 14.6. The molecule has 8 heteroatoms. The van der Waals surface area contributed by atoms with Gasteiger partial charge in [0.2, 0.25) is 10.0 Å². The maximum atomic E-state index is 12.5. The van der Waals surface area contributed by atoms with Gasteiger partial charge in [-0.2, -0.15) is 4.31 Å². The van der Waals surface area contributed by atoms with Crippen molar-refractivity contribution < 1.29 is 22.7 Å². The molecule has 1 heterocycles. The van der Waals surface area contributed by atoms with Crippen molar-refractivity contribution in [3.05, 3.63) is 54.1 Å². The molecule has 1 aliphatic rings. The summed E-state index contributed by atoms with van der Waals surface area (Å²) in [4.78, 5) is 23.8. The molecule has 1 saturated heterocycles. The van der Waals surface area contributed by atoms with Gasteiger partial charge in [0.05, 0.1) is 4.90 Å². The summed E-state index contributed by atoms with van der Waals surface area (Å²) in [5.41, 5.74) is 0.886. The van der Waals surface area contributed by atoms with E-state index in [4.69, 9.17) is 4.74 Å². The summed E-state index contributed by atoms with van der Waals surface area (Å²) in [5.74, 6) is -0.287. The van der Waals surface area contributed by atoms with Gasteiger partial charge in [-0.05, 0) is 61.4 Å². The molecule has 0 unspecified atom stereocenters. The number of hydrogen-bond donors (Lipinski definition) is 1. The smallest absolute Gasteiger partial charge is 0.310 e. The third kappa shape index (κ3) is 4.58. The highest BCUT2D eigenvalue weighted by atomic mass is 32.2. The average molecular weight is 402 g/mol. The number of esters is 1. The van der Waals surface area contributed by atoms with Gasteiger partial charge in [0.1, 0.15) is 5.75 Å². The summed E-state index contributed by atoms with van der Waals surface area (Å²) in [7, 11) is -3.50. The van der Waals surface area contributed by atoms with E-state index in [9.17, 15) is 18.0 Å². The Hall–Kier alpha value is -2.71. The Labute approximate surface area is 164 Å². The maximum absolute atomic E-state index is 12.5. The van der Waals surface area contributed by atoms with Gasteiger partial charge >= 0.3 is 5.97 Å². The lowest BCUT2D eigenvalue weighted by molar-refractivity contribution is -0.134. The molecule has 0 bridgehead atoms. The summed E-state index contributed by atoms with van der Waals surface area (Å²) in [5, 5.41) is 2.73. The van der Waals surface area contributed by atoms with Crippen molar-refractivity contribution in [2.45, 2.75) is 31.1 Å². The quantitative estimate of drug-likeness (QED) is 0.592. The SMILES string of the molecule is CCC(=O)Oc1ccc(NC(=O)c2ccc(S(=O)(=O)N3CCCC3)cc2)cc1. The molecule has 28 heavy (non-hydrogen) atoms. The largest absolute Gasteiger partial charge is 0.427 e. The van der Waals surface area contributed by atoms with Crippen LogP contribution in [-0.4, -0.2) is 37.7 Å². The summed E-state index contributed by atoms with van der Waals surface area (Å²) < 4.78 is 31.6. The van der Waals surface area contributed by atoms with Crippen LogP contribution in [0.4, 0.5) is 5.69 Å². The van der Waals surface area contributed by atoms with E-state index in [0.29, 0.717) is 30.1 Å². The number of nitrogens with one attached hydrogen (secondary N) is 1. The van der Waals surface area contributed by atoms with Gasteiger partial charge in [0.25, 0.3) is 5.91 Å². The first kappa shape index (κ1) is 20.0. The van der Waals surface area contributed by atoms with Crippen LogP contribution in [0.25, 0.3) is 0 Å². The third-order valence-electron chi connectivity index (χ3n) is 4.45. The number of carbonyl (C=O) groups excluding carboxylic acids is 2. The van der Waals surface area contributed by atoms with Gasteiger partial charge in [0.15, 0.2) is 0 Å². The minimum Gasteiger partial charge on any atom is -0.427 e. The zero-order valence-electron chi connectivity index (χ0n) is 15.6. The van der Waals surface area contributed by atoms with Crippen LogP contribution in [0.5, 0.6) is 5.75 Å². The third-order valence-corrected chi connectivity index (χ3v) is 6.36. The topological polar surface area (TPSA) is 92.8 Å². The predicted octanol–water partition coefficient (Wildman–Crippen LogP) is 3.04. The Kier molecular flexibility index (Phi) is 6.11. The lowest BCUT2D eigenvalue weighted by atomic mass is 10.2. The molecule has 2 aromatic rings. The molecular weight excluding hydrogens is 380 g/mol. The van der Waals surface area contributed by atoms with Gasteiger partial charge in [-0.1, -0.05) is 6.92 Å². The predicted molar refractivity (Wildman–Crippen MR) is 105 cm³/mol. The van der Waals surface area contributed by atoms with Crippen LogP contribution in [0, 0.1) is 0 Å². The standard InChI is InChI=1S/C20H22N2O5S/c1-2-19(23)27-17-9-7-16(8-10-17)21-20(24)15-5-11-18(12-6-15)28(25,26)22-13-3-4-14-22/h5-12H,2-4,13-14H2,1H3,(H,21,24). The fourth-order valence-corrected chi connectivity index (χ4v) is 4.39. The van der Waals surface area contributed by atoms with Crippen molar-refractivity contribution in [2.24, 2.45) is 0 Å². The molecule has 0 spiro atoms. The lowest BCUT2D eigenvalue weighted by Gasteiger charge is -2.15. The Balaban J connectivity index is 1.65. The molecule has 0 radical (unpaired) electrons. The number of anilines is 1. The van der Waals surface area contributed by atoms with Crippen LogP contribution in [0.15, 0.2) is 53.4 Å². The highest BCUT2D eigenvalue weighted by molar-refractivity contribution is 7.89. The van der Waals surface area contributed by atoms with Crippen LogP contribution in [0.3, 0.4) is 0 Å². The molecule has 1 fully saturated rings. The van der Waals surface area contributed by atoms with Crippen molar-refractivity contribution >= 4 is 27.6 Å². The van der Waals surface area contributed by atoms with E-state index in [1.54, 1.807) is 31.2 Å². The van der Waals surface area contributed by atoms with E-state index >= 15 is 0 Å². The van der Waals surface area contributed by atoms with Crippen LogP contribution in [0.2, 0.25) is 0 Å². The van der Waals surface area contributed by atoms with E-state index in [0.717, 1.165) is 12.8 Å². The summed E-state index contributed by atoms with van der Waals surface area (Å²) >= 11 is 0. The van der Waals surface area contributed by atoms with Crippen LogP contribution in [-0.2, 0) is 14.8 Å². The van der Waals surface area contributed by atoms with E-state index in [1.807, 2.05) is 0 Å². The second kappa shape index (κ2) is 8.53. The number of amides is 1. The average Bonchev–Trinajstić information content (AvgIpc) is 3.25. The fraction of sp³-hybridized carbons (Fsp3) is 0.300. The first-order valence-electron chi connectivity index (χ1n) is 9.12. The van der Waals surface area contributed by atoms with Gasteiger partial charge < -0.3 is 10.1 Å². The monoisotopic (exact) mass is 402 g/mol. The molecule has 1 aliphatic heterocycles.